The standard InChI is InChI=1S/C24H26N2O4/c1-16-7-12-19-20(14-16)24(29)26(23(19)28)15-22(27)25-13-5-3-4-6-21(25)17-8-10-18(30-2)11-9-17/h7-12,14,21H,3-6,13,15H2,1-2H3. The smallest absolute Gasteiger partial charge is 0.262 e. The van der Waals surface area contributed by atoms with Crippen molar-refractivity contribution in [2.45, 2.75) is 38.6 Å². The van der Waals surface area contributed by atoms with Crippen LogP contribution in [0.5, 0.6) is 5.75 Å². The summed E-state index contributed by atoms with van der Waals surface area (Å²) in [7, 11) is 1.63. The molecule has 1 fully saturated rings. The highest BCUT2D eigenvalue weighted by Gasteiger charge is 2.38. The minimum Gasteiger partial charge on any atom is -0.497 e. The van der Waals surface area contributed by atoms with Gasteiger partial charge in [-0.25, -0.2) is 0 Å². The van der Waals surface area contributed by atoms with Crippen molar-refractivity contribution < 1.29 is 19.1 Å². The molecule has 2 heterocycles. The van der Waals surface area contributed by atoms with Gasteiger partial charge in [-0.05, 0) is 49.6 Å². The molecule has 2 aromatic rings. The van der Waals surface area contributed by atoms with Crippen LogP contribution >= 0.6 is 0 Å². The van der Waals surface area contributed by atoms with Crippen molar-refractivity contribution in [3.05, 3.63) is 64.7 Å². The van der Waals surface area contributed by atoms with E-state index in [9.17, 15) is 14.4 Å². The molecule has 3 amide bonds. The second kappa shape index (κ2) is 8.30. The first-order chi connectivity index (χ1) is 14.5. The number of methoxy groups -OCH3 is 1. The number of aryl methyl sites for hydroxylation is 1. The molecule has 1 unspecified atom stereocenters. The Morgan fingerprint density at radius 1 is 1.00 bits per heavy atom. The Kier molecular flexibility index (Phi) is 5.57. The minimum absolute atomic E-state index is 0.0664. The van der Waals surface area contributed by atoms with Gasteiger partial charge in [-0.2, -0.15) is 0 Å². The molecule has 1 atom stereocenters. The summed E-state index contributed by atoms with van der Waals surface area (Å²) in [6, 6.07) is 12.9. The lowest BCUT2D eigenvalue weighted by Gasteiger charge is -2.31. The molecule has 156 valence electrons. The van der Waals surface area contributed by atoms with E-state index in [1.807, 2.05) is 42.2 Å². The van der Waals surface area contributed by atoms with Crippen LogP contribution in [0.15, 0.2) is 42.5 Å². The zero-order valence-corrected chi connectivity index (χ0v) is 17.4. The number of amides is 3. The number of imide groups is 1. The van der Waals surface area contributed by atoms with Crippen molar-refractivity contribution in [1.82, 2.24) is 9.80 Å². The fraction of sp³-hybridized carbons (Fsp3) is 0.375. The Bertz CT molecular complexity index is 983. The Morgan fingerprint density at radius 2 is 1.73 bits per heavy atom. The average Bonchev–Trinajstić information content (AvgIpc) is 2.93. The van der Waals surface area contributed by atoms with Crippen LogP contribution in [0.1, 0.15) is 63.6 Å². The van der Waals surface area contributed by atoms with Crippen LogP contribution in [0.25, 0.3) is 0 Å². The zero-order chi connectivity index (χ0) is 21.3. The molecule has 4 rings (SSSR count). The van der Waals surface area contributed by atoms with Crippen LogP contribution in [0.3, 0.4) is 0 Å². The molecule has 0 aliphatic carbocycles. The van der Waals surface area contributed by atoms with E-state index in [2.05, 4.69) is 0 Å². The van der Waals surface area contributed by atoms with Crippen molar-refractivity contribution >= 4 is 17.7 Å². The Morgan fingerprint density at radius 3 is 2.47 bits per heavy atom. The molecule has 2 aliphatic heterocycles. The van der Waals surface area contributed by atoms with Crippen molar-refractivity contribution in [3.8, 4) is 5.75 Å². The number of likely N-dealkylation sites (tertiary alicyclic amines) is 1. The minimum atomic E-state index is -0.390. The van der Waals surface area contributed by atoms with Gasteiger partial charge in [0.1, 0.15) is 12.3 Å². The predicted molar refractivity (Wildman–Crippen MR) is 112 cm³/mol. The molecule has 2 aliphatic rings. The largest absolute Gasteiger partial charge is 0.497 e. The average molecular weight is 406 g/mol. The molecule has 0 aromatic heterocycles. The summed E-state index contributed by atoms with van der Waals surface area (Å²) >= 11 is 0. The number of ether oxygens (including phenoxy) is 1. The van der Waals surface area contributed by atoms with E-state index >= 15 is 0 Å². The second-order valence-corrected chi connectivity index (χ2v) is 7.97. The Balaban J connectivity index is 1.56. The van der Waals surface area contributed by atoms with E-state index in [-0.39, 0.29) is 30.3 Å². The number of hydrogen-bond acceptors (Lipinski definition) is 4. The third-order valence-corrected chi connectivity index (χ3v) is 5.99. The van der Waals surface area contributed by atoms with Crippen molar-refractivity contribution in [2.75, 3.05) is 20.2 Å². The van der Waals surface area contributed by atoms with Crippen LogP contribution < -0.4 is 4.74 Å². The summed E-state index contributed by atoms with van der Waals surface area (Å²) in [5.41, 5.74) is 2.72. The third-order valence-electron chi connectivity index (χ3n) is 5.99. The van der Waals surface area contributed by atoms with E-state index in [1.54, 1.807) is 19.2 Å². The highest BCUT2D eigenvalue weighted by molar-refractivity contribution is 6.22. The van der Waals surface area contributed by atoms with Crippen molar-refractivity contribution in [1.29, 1.82) is 0 Å². The highest BCUT2D eigenvalue weighted by Crippen LogP contribution is 2.32. The molecular weight excluding hydrogens is 380 g/mol. The van der Waals surface area contributed by atoms with E-state index in [0.717, 1.165) is 47.5 Å². The number of carbonyl (C=O) groups excluding carboxylic acids is 3. The molecule has 1 saturated heterocycles. The van der Waals surface area contributed by atoms with Gasteiger partial charge >= 0.3 is 0 Å². The summed E-state index contributed by atoms with van der Waals surface area (Å²) in [4.78, 5) is 41.7. The maximum atomic E-state index is 13.3. The van der Waals surface area contributed by atoms with Crippen LogP contribution in [0.4, 0.5) is 0 Å². The number of carbonyl (C=O) groups is 3. The normalized spacial score (nSPS) is 18.9. The summed E-state index contributed by atoms with van der Waals surface area (Å²) in [6.45, 7) is 2.28. The van der Waals surface area contributed by atoms with Gasteiger partial charge in [-0.1, -0.05) is 36.6 Å². The topological polar surface area (TPSA) is 66.9 Å². The molecule has 6 heteroatoms. The molecule has 0 saturated carbocycles. The van der Waals surface area contributed by atoms with Crippen LogP contribution in [-0.2, 0) is 4.79 Å². The molecule has 2 aromatic carbocycles. The lowest BCUT2D eigenvalue weighted by molar-refractivity contribution is -0.134. The highest BCUT2D eigenvalue weighted by atomic mass is 16.5. The summed E-state index contributed by atoms with van der Waals surface area (Å²) in [6.07, 6.45) is 3.87. The van der Waals surface area contributed by atoms with Gasteiger partial charge in [0.25, 0.3) is 11.8 Å². The zero-order valence-electron chi connectivity index (χ0n) is 17.4. The van der Waals surface area contributed by atoms with E-state index in [4.69, 9.17) is 4.74 Å². The van der Waals surface area contributed by atoms with E-state index in [1.165, 1.54) is 0 Å². The summed E-state index contributed by atoms with van der Waals surface area (Å²) < 4.78 is 5.24. The molecule has 30 heavy (non-hydrogen) atoms. The summed E-state index contributed by atoms with van der Waals surface area (Å²) in [5, 5.41) is 0. The monoisotopic (exact) mass is 406 g/mol. The fourth-order valence-corrected chi connectivity index (χ4v) is 4.35. The van der Waals surface area contributed by atoms with Crippen LogP contribution in [0, 0.1) is 6.92 Å². The lowest BCUT2D eigenvalue weighted by Crippen LogP contribution is -2.44. The molecule has 0 bridgehead atoms. The predicted octanol–water partition coefficient (Wildman–Crippen LogP) is 3.74. The molecule has 0 N–H and O–H groups in total. The van der Waals surface area contributed by atoms with Gasteiger partial charge in [0, 0.05) is 6.54 Å². The van der Waals surface area contributed by atoms with Crippen molar-refractivity contribution in [2.24, 2.45) is 0 Å². The number of fused-ring (bicyclic) bond motifs is 1. The quantitative estimate of drug-likeness (QED) is 0.726. The number of rotatable bonds is 4. The SMILES string of the molecule is COc1ccc(C2CCCCCN2C(=O)CN2C(=O)c3ccc(C)cc3C2=O)cc1. The van der Waals surface area contributed by atoms with Gasteiger partial charge in [-0.15, -0.1) is 0 Å². The molecule has 0 spiro atoms. The first-order valence-electron chi connectivity index (χ1n) is 10.4. The number of hydrogen-bond donors (Lipinski definition) is 0. The fourth-order valence-electron chi connectivity index (χ4n) is 4.35. The number of nitrogens with zero attached hydrogens (tertiary/aromatic N) is 2. The molecular formula is C24H26N2O4. The first kappa shape index (κ1) is 20.1. The third kappa shape index (κ3) is 3.70. The van der Waals surface area contributed by atoms with Crippen molar-refractivity contribution in [3.63, 3.8) is 0 Å². The van der Waals surface area contributed by atoms with Gasteiger partial charge in [0.15, 0.2) is 0 Å². The Hall–Kier alpha value is -3.15. The molecule has 0 radical (unpaired) electrons. The maximum Gasteiger partial charge on any atom is 0.262 e. The van der Waals surface area contributed by atoms with Gasteiger partial charge < -0.3 is 9.64 Å². The molecule has 6 nitrogen and oxygen atoms in total. The lowest BCUT2D eigenvalue weighted by atomic mass is 10.0. The first-order valence-corrected chi connectivity index (χ1v) is 10.4. The Labute approximate surface area is 176 Å². The van der Waals surface area contributed by atoms with Gasteiger partial charge in [-0.3, -0.25) is 19.3 Å². The maximum absolute atomic E-state index is 13.3. The van der Waals surface area contributed by atoms with E-state index in [0.29, 0.717) is 17.7 Å². The van der Waals surface area contributed by atoms with Gasteiger partial charge in [0.2, 0.25) is 5.91 Å². The van der Waals surface area contributed by atoms with Crippen LogP contribution in [0.2, 0.25) is 0 Å². The summed E-state index contributed by atoms with van der Waals surface area (Å²) in [5.74, 6) is -0.197. The second-order valence-electron chi connectivity index (χ2n) is 7.97. The van der Waals surface area contributed by atoms with Gasteiger partial charge in [0.05, 0.1) is 24.3 Å². The number of benzene rings is 2. The van der Waals surface area contributed by atoms with E-state index < -0.39 is 0 Å². The van der Waals surface area contributed by atoms with Crippen LogP contribution in [-0.4, -0.2) is 47.7 Å².